The fourth-order valence-corrected chi connectivity index (χ4v) is 4.40. The van der Waals surface area contributed by atoms with Gasteiger partial charge in [-0.05, 0) is 68.5 Å². The number of ether oxygens (including phenoxy) is 1. The zero-order valence-electron chi connectivity index (χ0n) is 19.2. The van der Waals surface area contributed by atoms with Crippen molar-refractivity contribution in [3.8, 4) is 5.75 Å². The van der Waals surface area contributed by atoms with Crippen molar-refractivity contribution in [1.82, 2.24) is 10.2 Å². The van der Waals surface area contributed by atoms with Crippen LogP contribution in [0.1, 0.15) is 55.7 Å². The molecule has 5 nitrogen and oxygen atoms in total. The number of carbonyl (C=O) groups is 2. The van der Waals surface area contributed by atoms with Crippen molar-refractivity contribution in [1.29, 1.82) is 0 Å². The van der Waals surface area contributed by atoms with Crippen molar-refractivity contribution >= 4 is 23.4 Å². The third-order valence-electron chi connectivity index (χ3n) is 5.97. The Labute approximate surface area is 196 Å². The quantitative estimate of drug-likeness (QED) is 0.593. The van der Waals surface area contributed by atoms with E-state index in [2.05, 4.69) is 11.4 Å². The van der Waals surface area contributed by atoms with Gasteiger partial charge in [0.2, 0.25) is 5.91 Å². The maximum Gasteiger partial charge on any atom is 0.261 e. The standard InChI is InChI=1S/C26H33ClN2O3/c1-18-13-19(2)15-23(14-18)32-17-25(30)29(16-21-9-7-8-12-24(21)27)20(3)26(31)28-22-10-5-4-6-11-22/h7-9,12-15,20,22H,4-6,10-11,16-17H2,1-3H3,(H,28,31)/t20-/m1/s1. The number of rotatable bonds is 8. The number of nitrogens with zero attached hydrogens (tertiary/aromatic N) is 1. The second-order valence-corrected chi connectivity index (χ2v) is 9.15. The first-order valence-electron chi connectivity index (χ1n) is 11.4. The molecule has 2 aromatic carbocycles. The van der Waals surface area contributed by atoms with Crippen LogP contribution < -0.4 is 10.1 Å². The fraction of sp³-hybridized carbons (Fsp3) is 0.462. The Kier molecular flexibility index (Phi) is 8.57. The lowest BCUT2D eigenvalue weighted by molar-refractivity contribution is -0.142. The number of benzene rings is 2. The number of carbonyl (C=O) groups excluding carboxylic acids is 2. The Morgan fingerprint density at radius 3 is 2.41 bits per heavy atom. The van der Waals surface area contributed by atoms with Gasteiger partial charge in [-0.2, -0.15) is 0 Å². The summed E-state index contributed by atoms with van der Waals surface area (Å²) in [6, 6.07) is 12.8. The van der Waals surface area contributed by atoms with E-state index in [1.807, 2.05) is 44.2 Å². The van der Waals surface area contributed by atoms with Gasteiger partial charge in [0.05, 0.1) is 0 Å². The van der Waals surface area contributed by atoms with E-state index in [-0.39, 0.29) is 31.0 Å². The maximum atomic E-state index is 13.2. The summed E-state index contributed by atoms with van der Waals surface area (Å²) in [4.78, 5) is 27.8. The summed E-state index contributed by atoms with van der Waals surface area (Å²) in [7, 11) is 0. The summed E-state index contributed by atoms with van der Waals surface area (Å²) < 4.78 is 5.80. The highest BCUT2D eigenvalue weighted by Gasteiger charge is 2.28. The summed E-state index contributed by atoms with van der Waals surface area (Å²) in [5.74, 6) is 0.256. The van der Waals surface area contributed by atoms with Crippen molar-refractivity contribution in [3.63, 3.8) is 0 Å². The molecule has 3 rings (SSSR count). The molecule has 1 N–H and O–H groups in total. The van der Waals surface area contributed by atoms with Gasteiger partial charge < -0.3 is 15.0 Å². The molecule has 0 saturated heterocycles. The van der Waals surface area contributed by atoms with Gasteiger partial charge in [-0.1, -0.05) is 55.1 Å². The molecule has 2 amide bonds. The molecule has 172 valence electrons. The van der Waals surface area contributed by atoms with Crippen LogP contribution in [0.3, 0.4) is 0 Å². The molecule has 0 aliphatic heterocycles. The van der Waals surface area contributed by atoms with Crippen LogP contribution in [0.5, 0.6) is 5.75 Å². The van der Waals surface area contributed by atoms with Crippen molar-refractivity contribution in [2.45, 2.75) is 71.5 Å². The van der Waals surface area contributed by atoms with Crippen LogP contribution in [0.4, 0.5) is 0 Å². The van der Waals surface area contributed by atoms with Crippen LogP contribution in [0.15, 0.2) is 42.5 Å². The Morgan fingerprint density at radius 2 is 1.75 bits per heavy atom. The first-order chi connectivity index (χ1) is 15.3. The van der Waals surface area contributed by atoms with E-state index in [0.717, 1.165) is 42.4 Å². The second kappa shape index (κ2) is 11.4. The van der Waals surface area contributed by atoms with Crippen LogP contribution >= 0.6 is 11.6 Å². The molecule has 2 aromatic rings. The molecule has 0 unspecified atom stereocenters. The molecular weight excluding hydrogens is 424 g/mol. The highest BCUT2D eigenvalue weighted by Crippen LogP contribution is 2.21. The first-order valence-corrected chi connectivity index (χ1v) is 11.8. The predicted octanol–water partition coefficient (Wildman–Crippen LogP) is 5.20. The molecule has 1 aliphatic carbocycles. The molecule has 32 heavy (non-hydrogen) atoms. The molecule has 0 heterocycles. The number of aryl methyl sites for hydroxylation is 2. The minimum Gasteiger partial charge on any atom is -0.484 e. The SMILES string of the molecule is Cc1cc(C)cc(OCC(=O)N(Cc2ccccc2Cl)[C@H](C)C(=O)NC2CCCCC2)c1. The molecular formula is C26H33ClN2O3. The average molecular weight is 457 g/mol. The Hall–Kier alpha value is -2.53. The molecule has 6 heteroatoms. The molecule has 1 fully saturated rings. The third-order valence-corrected chi connectivity index (χ3v) is 6.34. The summed E-state index contributed by atoms with van der Waals surface area (Å²) in [5.41, 5.74) is 2.94. The van der Waals surface area contributed by atoms with E-state index in [1.54, 1.807) is 17.9 Å². The van der Waals surface area contributed by atoms with Gasteiger partial charge in [-0.15, -0.1) is 0 Å². The van der Waals surface area contributed by atoms with Gasteiger partial charge in [0.25, 0.3) is 5.91 Å². The molecule has 1 atom stereocenters. The van der Waals surface area contributed by atoms with E-state index >= 15 is 0 Å². The van der Waals surface area contributed by atoms with E-state index in [1.165, 1.54) is 6.42 Å². The molecule has 0 bridgehead atoms. The molecule has 1 aliphatic rings. The summed E-state index contributed by atoms with van der Waals surface area (Å²) in [6.45, 7) is 5.85. The first kappa shape index (κ1) is 24.1. The lowest BCUT2D eigenvalue weighted by Gasteiger charge is -2.31. The maximum absolute atomic E-state index is 13.2. The van der Waals surface area contributed by atoms with Gasteiger partial charge in [-0.3, -0.25) is 9.59 Å². The van der Waals surface area contributed by atoms with Gasteiger partial charge in [-0.25, -0.2) is 0 Å². The number of hydrogen-bond donors (Lipinski definition) is 1. The highest BCUT2D eigenvalue weighted by atomic mass is 35.5. The number of hydrogen-bond acceptors (Lipinski definition) is 3. The summed E-state index contributed by atoms with van der Waals surface area (Å²) in [5, 5.41) is 3.71. The Balaban J connectivity index is 1.73. The predicted molar refractivity (Wildman–Crippen MR) is 128 cm³/mol. The number of nitrogens with one attached hydrogen (secondary N) is 1. The average Bonchev–Trinajstić information content (AvgIpc) is 2.76. The topological polar surface area (TPSA) is 58.6 Å². The van der Waals surface area contributed by atoms with E-state index in [9.17, 15) is 9.59 Å². The Bertz CT molecular complexity index is 920. The molecule has 0 aromatic heterocycles. The van der Waals surface area contributed by atoms with Gasteiger partial charge in [0.15, 0.2) is 6.61 Å². The highest BCUT2D eigenvalue weighted by molar-refractivity contribution is 6.31. The lowest BCUT2D eigenvalue weighted by atomic mass is 9.95. The van der Waals surface area contributed by atoms with Crippen molar-refractivity contribution < 1.29 is 14.3 Å². The number of amides is 2. The normalized spacial score (nSPS) is 15.1. The minimum absolute atomic E-state index is 0.135. The molecule has 0 radical (unpaired) electrons. The van der Waals surface area contributed by atoms with Crippen molar-refractivity contribution in [2.24, 2.45) is 0 Å². The van der Waals surface area contributed by atoms with Crippen LogP contribution in [-0.2, 0) is 16.1 Å². The lowest BCUT2D eigenvalue weighted by Crippen LogP contribution is -2.51. The van der Waals surface area contributed by atoms with Crippen LogP contribution in [0.2, 0.25) is 5.02 Å². The Morgan fingerprint density at radius 1 is 1.09 bits per heavy atom. The third kappa shape index (κ3) is 6.73. The largest absolute Gasteiger partial charge is 0.484 e. The minimum atomic E-state index is -0.636. The summed E-state index contributed by atoms with van der Waals surface area (Å²) >= 11 is 6.35. The van der Waals surface area contributed by atoms with E-state index < -0.39 is 6.04 Å². The van der Waals surface area contributed by atoms with Gasteiger partial charge >= 0.3 is 0 Å². The van der Waals surface area contributed by atoms with Crippen LogP contribution in [0.25, 0.3) is 0 Å². The van der Waals surface area contributed by atoms with Crippen LogP contribution in [0, 0.1) is 13.8 Å². The molecule has 1 saturated carbocycles. The van der Waals surface area contributed by atoms with Gasteiger partial charge in [0.1, 0.15) is 11.8 Å². The van der Waals surface area contributed by atoms with E-state index in [0.29, 0.717) is 10.8 Å². The molecule has 0 spiro atoms. The monoisotopic (exact) mass is 456 g/mol. The van der Waals surface area contributed by atoms with Crippen molar-refractivity contribution in [2.75, 3.05) is 6.61 Å². The van der Waals surface area contributed by atoms with E-state index in [4.69, 9.17) is 16.3 Å². The number of halogens is 1. The zero-order chi connectivity index (χ0) is 23.1. The zero-order valence-corrected chi connectivity index (χ0v) is 20.0. The van der Waals surface area contributed by atoms with Crippen molar-refractivity contribution in [3.05, 3.63) is 64.2 Å². The smallest absolute Gasteiger partial charge is 0.261 e. The summed E-state index contributed by atoms with van der Waals surface area (Å²) in [6.07, 6.45) is 5.46. The van der Waals surface area contributed by atoms with Crippen LogP contribution in [-0.4, -0.2) is 35.4 Å². The van der Waals surface area contributed by atoms with Gasteiger partial charge in [0, 0.05) is 17.6 Å². The fourth-order valence-electron chi connectivity index (χ4n) is 4.21. The second-order valence-electron chi connectivity index (χ2n) is 8.74.